The van der Waals surface area contributed by atoms with Crippen molar-refractivity contribution in [3.05, 3.63) is 29.8 Å². The van der Waals surface area contributed by atoms with E-state index in [9.17, 15) is 18.0 Å². The molecule has 0 aliphatic carbocycles. The minimum Gasteiger partial charge on any atom is -0.481 e. The summed E-state index contributed by atoms with van der Waals surface area (Å²) in [5, 5.41) is 0. The number of carbonyl (C=O) groups excluding carboxylic acids is 1. The lowest BCUT2D eigenvalue weighted by atomic mass is 10.2. The zero-order valence-electron chi connectivity index (χ0n) is 8.91. The molecule has 4 nitrogen and oxygen atoms in total. The fraction of sp³-hybridized carbons (Fsp3) is 0.300. The number of hydrogen-bond acceptors (Lipinski definition) is 3. The maximum atomic E-state index is 12.4. The van der Waals surface area contributed by atoms with Crippen LogP contribution in [0.3, 0.4) is 0 Å². The Hall–Kier alpha value is -1.76. The summed E-state index contributed by atoms with van der Waals surface area (Å²) in [6.45, 7) is 1.38. The Morgan fingerprint density at radius 3 is 2.65 bits per heavy atom. The van der Waals surface area contributed by atoms with Crippen molar-refractivity contribution in [2.24, 2.45) is 5.84 Å². The molecule has 3 N–H and O–H groups in total. The first-order valence-electron chi connectivity index (χ1n) is 4.69. The Balaban J connectivity index is 2.83. The van der Waals surface area contributed by atoms with E-state index in [1.165, 1.54) is 19.1 Å². The van der Waals surface area contributed by atoms with E-state index in [4.69, 9.17) is 10.6 Å². The van der Waals surface area contributed by atoms with Gasteiger partial charge in [0.05, 0.1) is 5.56 Å². The van der Waals surface area contributed by atoms with Crippen molar-refractivity contribution < 1.29 is 22.7 Å². The van der Waals surface area contributed by atoms with Crippen LogP contribution in [-0.2, 0) is 11.0 Å². The summed E-state index contributed by atoms with van der Waals surface area (Å²) in [6, 6.07) is 4.27. The molecule has 0 unspecified atom stereocenters. The van der Waals surface area contributed by atoms with Crippen LogP contribution in [0.2, 0.25) is 0 Å². The quantitative estimate of drug-likeness (QED) is 0.483. The highest BCUT2D eigenvalue weighted by atomic mass is 19.4. The van der Waals surface area contributed by atoms with Gasteiger partial charge in [-0.3, -0.25) is 10.2 Å². The number of ether oxygens (including phenoxy) is 1. The van der Waals surface area contributed by atoms with Crippen LogP contribution in [0, 0.1) is 0 Å². The normalized spacial score (nSPS) is 13.0. The zero-order chi connectivity index (χ0) is 13.1. The first kappa shape index (κ1) is 13.3. The summed E-state index contributed by atoms with van der Waals surface area (Å²) in [5.74, 6) is 4.20. The van der Waals surface area contributed by atoms with E-state index in [0.29, 0.717) is 0 Å². The SMILES string of the molecule is C[C@H](Oc1cccc(C(F)(F)F)c1)C(=O)NN. The number of nitrogens with one attached hydrogen (secondary N) is 1. The van der Waals surface area contributed by atoms with Crippen molar-refractivity contribution in [2.45, 2.75) is 19.2 Å². The lowest BCUT2D eigenvalue weighted by Gasteiger charge is -2.14. The van der Waals surface area contributed by atoms with Gasteiger partial charge in [0, 0.05) is 0 Å². The van der Waals surface area contributed by atoms with Crippen LogP contribution in [0.5, 0.6) is 5.75 Å². The second-order valence-electron chi connectivity index (χ2n) is 3.29. The third-order valence-corrected chi connectivity index (χ3v) is 1.99. The monoisotopic (exact) mass is 248 g/mol. The molecule has 0 aliphatic heterocycles. The predicted molar refractivity (Wildman–Crippen MR) is 53.9 cm³/mol. The molecule has 0 aromatic heterocycles. The Labute approximate surface area is 95.5 Å². The lowest BCUT2D eigenvalue weighted by Crippen LogP contribution is -2.40. The van der Waals surface area contributed by atoms with Gasteiger partial charge in [0.2, 0.25) is 0 Å². The van der Waals surface area contributed by atoms with Crippen molar-refractivity contribution in [3.63, 3.8) is 0 Å². The number of hydrogen-bond donors (Lipinski definition) is 2. The molecule has 0 aliphatic rings. The molecule has 0 spiro atoms. The molecule has 1 atom stereocenters. The highest BCUT2D eigenvalue weighted by Gasteiger charge is 2.30. The van der Waals surface area contributed by atoms with E-state index in [0.717, 1.165) is 12.1 Å². The Kier molecular flexibility index (Phi) is 3.95. The average molecular weight is 248 g/mol. The summed E-state index contributed by atoms with van der Waals surface area (Å²) in [5.41, 5.74) is 1.01. The van der Waals surface area contributed by atoms with Gasteiger partial charge in [-0.05, 0) is 25.1 Å². The molecular weight excluding hydrogens is 237 g/mol. The van der Waals surface area contributed by atoms with Crippen LogP contribution in [0.4, 0.5) is 13.2 Å². The van der Waals surface area contributed by atoms with Gasteiger partial charge in [-0.2, -0.15) is 13.2 Å². The number of nitrogens with two attached hydrogens (primary N) is 1. The van der Waals surface area contributed by atoms with Gasteiger partial charge in [-0.15, -0.1) is 0 Å². The van der Waals surface area contributed by atoms with E-state index in [1.807, 2.05) is 5.43 Å². The maximum absolute atomic E-state index is 12.4. The molecular formula is C10H11F3N2O2. The van der Waals surface area contributed by atoms with E-state index in [-0.39, 0.29) is 5.75 Å². The van der Waals surface area contributed by atoms with Crippen molar-refractivity contribution in [1.29, 1.82) is 0 Å². The third-order valence-electron chi connectivity index (χ3n) is 1.99. The Bertz CT molecular complexity index is 407. The van der Waals surface area contributed by atoms with E-state index in [1.54, 1.807) is 0 Å². The standard InChI is InChI=1S/C10H11F3N2O2/c1-6(9(16)15-14)17-8-4-2-3-7(5-8)10(11,12)13/h2-6H,14H2,1H3,(H,15,16)/t6-/m0/s1. The molecule has 1 aromatic rings. The summed E-state index contributed by atoms with van der Waals surface area (Å²) >= 11 is 0. The smallest absolute Gasteiger partial charge is 0.416 e. The number of rotatable bonds is 3. The molecule has 7 heteroatoms. The van der Waals surface area contributed by atoms with Crippen LogP contribution in [0.25, 0.3) is 0 Å². The number of amides is 1. The van der Waals surface area contributed by atoms with Gasteiger partial charge < -0.3 is 4.74 Å². The maximum Gasteiger partial charge on any atom is 0.416 e. The van der Waals surface area contributed by atoms with Gasteiger partial charge in [-0.25, -0.2) is 5.84 Å². The molecule has 0 bridgehead atoms. The molecule has 94 valence electrons. The van der Waals surface area contributed by atoms with Crippen LogP contribution in [0.1, 0.15) is 12.5 Å². The second kappa shape index (κ2) is 5.05. The summed E-state index contributed by atoms with van der Waals surface area (Å²) in [7, 11) is 0. The molecule has 0 heterocycles. The molecule has 0 saturated carbocycles. The zero-order valence-corrected chi connectivity index (χ0v) is 8.91. The van der Waals surface area contributed by atoms with Crippen molar-refractivity contribution >= 4 is 5.91 Å². The van der Waals surface area contributed by atoms with Gasteiger partial charge in [-0.1, -0.05) is 6.07 Å². The van der Waals surface area contributed by atoms with Crippen molar-refractivity contribution in [3.8, 4) is 5.75 Å². The minimum atomic E-state index is -4.45. The third kappa shape index (κ3) is 3.63. The lowest BCUT2D eigenvalue weighted by molar-refractivity contribution is -0.137. The van der Waals surface area contributed by atoms with Gasteiger partial charge >= 0.3 is 6.18 Å². The van der Waals surface area contributed by atoms with Gasteiger partial charge in [0.15, 0.2) is 6.10 Å². The first-order chi connectivity index (χ1) is 7.84. The van der Waals surface area contributed by atoms with E-state index < -0.39 is 23.8 Å². The summed E-state index contributed by atoms with van der Waals surface area (Å²) in [6.07, 6.45) is -5.41. The highest BCUT2D eigenvalue weighted by Crippen LogP contribution is 2.31. The summed E-state index contributed by atoms with van der Waals surface area (Å²) in [4.78, 5) is 11.0. The van der Waals surface area contributed by atoms with E-state index in [2.05, 4.69) is 0 Å². The Morgan fingerprint density at radius 1 is 1.47 bits per heavy atom. The first-order valence-corrected chi connectivity index (χ1v) is 4.69. The second-order valence-corrected chi connectivity index (χ2v) is 3.29. The van der Waals surface area contributed by atoms with Crippen molar-refractivity contribution in [1.82, 2.24) is 5.43 Å². The summed E-state index contributed by atoms with van der Waals surface area (Å²) < 4.78 is 42.1. The molecule has 1 aromatic carbocycles. The molecule has 0 fully saturated rings. The molecule has 1 rings (SSSR count). The largest absolute Gasteiger partial charge is 0.481 e. The van der Waals surface area contributed by atoms with Gasteiger partial charge in [0.1, 0.15) is 5.75 Å². The average Bonchev–Trinajstić information content (AvgIpc) is 2.27. The number of hydrazine groups is 1. The van der Waals surface area contributed by atoms with Crippen LogP contribution in [0.15, 0.2) is 24.3 Å². The molecule has 0 radical (unpaired) electrons. The highest BCUT2D eigenvalue weighted by molar-refractivity contribution is 5.80. The Morgan fingerprint density at radius 2 is 2.12 bits per heavy atom. The number of halogens is 3. The molecule has 17 heavy (non-hydrogen) atoms. The fourth-order valence-corrected chi connectivity index (χ4v) is 1.12. The van der Waals surface area contributed by atoms with Crippen LogP contribution in [-0.4, -0.2) is 12.0 Å². The number of carbonyl (C=O) groups is 1. The van der Waals surface area contributed by atoms with Gasteiger partial charge in [0.25, 0.3) is 5.91 Å². The number of benzene rings is 1. The predicted octanol–water partition coefficient (Wildman–Crippen LogP) is 1.46. The van der Waals surface area contributed by atoms with E-state index >= 15 is 0 Å². The topological polar surface area (TPSA) is 64.3 Å². The molecule has 0 saturated heterocycles. The number of alkyl halides is 3. The molecule has 1 amide bonds. The van der Waals surface area contributed by atoms with Crippen LogP contribution < -0.4 is 16.0 Å². The minimum absolute atomic E-state index is 0.0454. The fourth-order valence-electron chi connectivity index (χ4n) is 1.12. The van der Waals surface area contributed by atoms with Crippen LogP contribution >= 0.6 is 0 Å². The van der Waals surface area contributed by atoms with Crippen molar-refractivity contribution in [2.75, 3.05) is 0 Å².